The Morgan fingerprint density at radius 1 is 1.27 bits per heavy atom. The van der Waals surface area contributed by atoms with E-state index in [1.165, 1.54) is 0 Å². The second kappa shape index (κ2) is 7.19. The molecule has 0 radical (unpaired) electrons. The van der Waals surface area contributed by atoms with Crippen molar-refractivity contribution in [2.75, 3.05) is 11.9 Å². The van der Waals surface area contributed by atoms with Gasteiger partial charge in [-0.25, -0.2) is 13.1 Å². The van der Waals surface area contributed by atoms with Crippen molar-refractivity contribution in [3.63, 3.8) is 0 Å². The maximum absolute atomic E-state index is 11.9. The first kappa shape index (κ1) is 16.2. The van der Waals surface area contributed by atoms with Crippen LogP contribution in [0.4, 0.5) is 5.82 Å². The molecule has 22 heavy (non-hydrogen) atoms. The Hall–Kier alpha value is -2.19. The summed E-state index contributed by atoms with van der Waals surface area (Å²) < 4.78 is 31.0. The van der Waals surface area contributed by atoms with Crippen LogP contribution in [-0.2, 0) is 20.6 Å². The lowest BCUT2D eigenvalue weighted by molar-refractivity contribution is -0.116. The van der Waals surface area contributed by atoms with Gasteiger partial charge in [-0.2, -0.15) is 0 Å². The molecule has 0 spiro atoms. The highest BCUT2D eigenvalue weighted by molar-refractivity contribution is 7.88. The molecule has 8 heteroatoms. The quantitative estimate of drug-likeness (QED) is 0.802. The van der Waals surface area contributed by atoms with Crippen molar-refractivity contribution in [2.45, 2.75) is 19.1 Å². The molecular weight excluding hydrogens is 306 g/mol. The van der Waals surface area contributed by atoms with E-state index in [1.807, 2.05) is 6.07 Å². The van der Waals surface area contributed by atoms with Crippen LogP contribution in [-0.4, -0.2) is 26.0 Å². The minimum atomic E-state index is -3.46. The Morgan fingerprint density at radius 3 is 2.64 bits per heavy atom. The number of hydrogen-bond acceptors (Lipinski definition) is 5. The van der Waals surface area contributed by atoms with Gasteiger partial charge < -0.3 is 9.84 Å². The van der Waals surface area contributed by atoms with Gasteiger partial charge in [0.1, 0.15) is 5.76 Å². The molecule has 2 rings (SSSR count). The number of aromatic nitrogens is 1. The molecule has 118 valence electrons. The summed E-state index contributed by atoms with van der Waals surface area (Å²) in [5, 5.41) is 6.14. The van der Waals surface area contributed by atoms with E-state index in [-0.39, 0.29) is 24.6 Å². The zero-order valence-electron chi connectivity index (χ0n) is 12.1. The van der Waals surface area contributed by atoms with Crippen LogP contribution >= 0.6 is 0 Å². The number of hydrogen-bond donors (Lipinski definition) is 2. The van der Waals surface area contributed by atoms with E-state index in [2.05, 4.69) is 15.2 Å². The normalized spacial score (nSPS) is 11.3. The number of nitrogens with zero attached hydrogens (tertiary/aromatic N) is 1. The minimum absolute atomic E-state index is 0.0138. The van der Waals surface area contributed by atoms with Gasteiger partial charge in [0.25, 0.3) is 0 Å². The zero-order chi connectivity index (χ0) is 16.0. The van der Waals surface area contributed by atoms with Gasteiger partial charge in [0.15, 0.2) is 5.82 Å². The number of amides is 1. The van der Waals surface area contributed by atoms with E-state index >= 15 is 0 Å². The molecule has 1 aromatic carbocycles. The summed E-state index contributed by atoms with van der Waals surface area (Å²) in [6.07, 6.45) is 0.0138. The van der Waals surface area contributed by atoms with E-state index in [0.29, 0.717) is 17.1 Å². The van der Waals surface area contributed by atoms with Gasteiger partial charge >= 0.3 is 0 Å². The zero-order valence-corrected chi connectivity index (χ0v) is 12.9. The maximum atomic E-state index is 11.9. The molecule has 1 heterocycles. The van der Waals surface area contributed by atoms with Crippen molar-refractivity contribution >= 4 is 21.7 Å². The van der Waals surface area contributed by atoms with Crippen LogP contribution in [0.15, 0.2) is 40.9 Å². The number of anilines is 1. The third kappa shape index (κ3) is 5.30. The SMILES string of the molecule is Cc1cc(NC(=O)CCNS(=O)(=O)Cc2ccccc2)no1. The Kier molecular flexibility index (Phi) is 5.29. The van der Waals surface area contributed by atoms with Crippen LogP contribution in [0.2, 0.25) is 0 Å². The standard InChI is InChI=1S/C14H17N3O4S/c1-11-9-13(17-21-11)16-14(18)7-8-15-22(19,20)10-12-5-3-2-4-6-12/h2-6,9,15H,7-8,10H2,1H3,(H,16,17,18). The van der Waals surface area contributed by atoms with Crippen LogP contribution in [0.1, 0.15) is 17.7 Å². The third-order valence-corrected chi connectivity index (χ3v) is 4.13. The second-order valence-electron chi connectivity index (χ2n) is 4.76. The van der Waals surface area contributed by atoms with Crippen LogP contribution in [0.5, 0.6) is 0 Å². The average Bonchev–Trinajstić information content (AvgIpc) is 2.84. The molecule has 0 atom stereocenters. The second-order valence-corrected chi connectivity index (χ2v) is 6.57. The molecule has 0 saturated heterocycles. The fraction of sp³-hybridized carbons (Fsp3) is 0.286. The van der Waals surface area contributed by atoms with E-state index in [9.17, 15) is 13.2 Å². The molecule has 7 nitrogen and oxygen atoms in total. The molecular formula is C14H17N3O4S. The lowest BCUT2D eigenvalue weighted by Crippen LogP contribution is -2.28. The van der Waals surface area contributed by atoms with Gasteiger partial charge in [-0.1, -0.05) is 35.5 Å². The van der Waals surface area contributed by atoms with E-state index in [4.69, 9.17) is 4.52 Å². The Morgan fingerprint density at radius 2 is 2.00 bits per heavy atom. The smallest absolute Gasteiger partial charge is 0.226 e. The third-order valence-electron chi connectivity index (χ3n) is 2.77. The lowest BCUT2D eigenvalue weighted by Gasteiger charge is -2.06. The van der Waals surface area contributed by atoms with Crippen molar-refractivity contribution in [1.82, 2.24) is 9.88 Å². The monoisotopic (exact) mass is 323 g/mol. The maximum Gasteiger partial charge on any atom is 0.226 e. The average molecular weight is 323 g/mol. The van der Waals surface area contributed by atoms with Crippen molar-refractivity contribution in [3.05, 3.63) is 47.7 Å². The lowest BCUT2D eigenvalue weighted by atomic mass is 10.2. The van der Waals surface area contributed by atoms with E-state index in [0.717, 1.165) is 0 Å². The molecule has 1 amide bonds. The van der Waals surface area contributed by atoms with E-state index in [1.54, 1.807) is 37.3 Å². The topological polar surface area (TPSA) is 101 Å². The molecule has 0 fully saturated rings. The van der Waals surface area contributed by atoms with Gasteiger partial charge in [0.05, 0.1) is 5.75 Å². The summed E-state index contributed by atoms with van der Waals surface area (Å²) >= 11 is 0. The number of benzene rings is 1. The van der Waals surface area contributed by atoms with Crippen LogP contribution < -0.4 is 10.0 Å². The summed E-state index contributed by atoms with van der Waals surface area (Å²) in [5.74, 6) is 0.446. The molecule has 2 N–H and O–H groups in total. The first-order chi connectivity index (χ1) is 10.4. The fourth-order valence-corrected chi connectivity index (χ4v) is 2.94. The predicted molar refractivity (Wildman–Crippen MR) is 81.6 cm³/mol. The molecule has 0 aliphatic rings. The highest BCUT2D eigenvalue weighted by atomic mass is 32.2. The predicted octanol–water partition coefficient (Wildman–Crippen LogP) is 1.43. The molecule has 0 saturated carbocycles. The molecule has 0 aliphatic heterocycles. The highest BCUT2D eigenvalue weighted by Crippen LogP contribution is 2.07. The number of aryl methyl sites for hydroxylation is 1. The molecule has 0 unspecified atom stereocenters. The first-order valence-corrected chi connectivity index (χ1v) is 8.34. The van der Waals surface area contributed by atoms with Gasteiger partial charge in [-0.05, 0) is 12.5 Å². The molecule has 0 bridgehead atoms. The minimum Gasteiger partial charge on any atom is -0.360 e. The Labute approximate surface area is 128 Å². The summed E-state index contributed by atoms with van der Waals surface area (Å²) in [4.78, 5) is 11.6. The van der Waals surface area contributed by atoms with Crippen molar-refractivity contribution in [1.29, 1.82) is 0 Å². The number of rotatable bonds is 7. The number of carbonyl (C=O) groups excluding carboxylic acids is 1. The summed E-state index contributed by atoms with van der Waals surface area (Å²) in [6.45, 7) is 1.73. The first-order valence-electron chi connectivity index (χ1n) is 6.69. The number of nitrogens with one attached hydrogen (secondary N) is 2. The van der Waals surface area contributed by atoms with Gasteiger partial charge in [-0.3, -0.25) is 4.79 Å². The molecule has 2 aromatic rings. The van der Waals surface area contributed by atoms with Crippen molar-refractivity contribution < 1.29 is 17.7 Å². The largest absolute Gasteiger partial charge is 0.360 e. The van der Waals surface area contributed by atoms with Gasteiger partial charge in [0, 0.05) is 19.0 Å². The number of carbonyl (C=O) groups is 1. The van der Waals surface area contributed by atoms with Crippen molar-refractivity contribution in [3.8, 4) is 0 Å². The van der Waals surface area contributed by atoms with Crippen molar-refractivity contribution in [2.24, 2.45) is 0 Å². The summed E-state index contributed by atoms with van der Waals surface area (Å²) in [6, 6.07) is 10.4. The molecule has 0 aliphatic carbocycles. The summed E-state index contributed by atoms with van der Waals surface area (Å²) in [5.41, 5.74) is 0.692. The van der Waals surface area contributed by atoms with Gasteiger partial charge in [-0.15, -0.1) is 0 Å². The van der Waals surface area contributed by atoms with Crippen LogP contribution in [0.3, 0.4) is 0 Å². The van der Waals surface area contributed by atoms with Crippen LogP contribution in [0, 0.1) is 6.92 Å². The number of sulfonamides is 1. The summed E-state index contributed by atoms with van der Waals surface area (Å²) in [7, 11) is -3.46. The fourth-order valence-electron chi connectivity index (χ4n) is 1.80. The molecule has 1 aromatic heterocycles. The van der Waals surface area contributed by atoms with E-state index < -0.39 is 10.0 Å². The Balaban J connectivity index is 1.76. The highest BCUT2D eigenvalue weighted by Gasteiger charge is 2.12. The van der Waals surface area contributed by atoms with Crippen LogP contribution in [0.25, 0.3) is 0 Å². The Bertz CT molecular complexity index is 726. The van der Waals surface area contributed by atoms with Gasteiger partial charge in [0.2, 0.25) is 15.9 Å².